The van der Waals surface area contributed by atoms with Crippen LogP contribution in [0.3, 0.4) is 0 Å². The normalized spacial score (nSPS) is 12.8. The Morgan fingerprint density at radius 2 is 1.70 bits per heavy atom. The molecule has 0 aliphatic heterocycles. The summed E-state index contributed by atoms with van der Waals surface area (Å²) in [4.78, 5) is 12.0. The molecule has 0 heterocycles. The van der Waals surface area contributed by atoms with Gasteiger partial charge in [0.2, 0.25) is 15.9 Å². The van der Waals surface area contributed by atoms with Crippen molar-refractivity contribution in [1.82, 2.24) is 4.72 Å². The van der Waals surface area contributed by atoms with Crippen LogP contribution in [0, 0.1) is 22.7 Å². The molecule has 3 aromatic rings. The third kappa shape index (κ3) is 5.64. The molecule has 2 atom stereocenters. The SMILES string of the molecule is CC(c1ccc(-c2ccccc2C#N)cc1)S(=O)(=O)NC(Cc1cccc(C#N)c1)C(N)=O. The van der Waals surface area contributed by atoms with E-state index in [0.29, 0.717) is 22.3 Å². The van der Waals surface area contributed by atoms with Crippen LogP contribution in [0.4, 0.5) is 0 Å². The van der Waals surface area contributed by atoms with Crippen molar-refractivity contribution < 1.29 is 13.2 Å². The first-order chi connectivity index (χ1) is 15.7. The lowest BCUT2D eigenvalue weighted by Gasteiger charge is -2.20. The molecule has 3 N–H and O–H groups in total. The van der Waals surface area contributed by atoms with Crippen LogP contribution in [-0.2, 0) is 21.2 Å². The molecular weight excluding hydrogens is 436 g/mol. The number of sulfonamides is 1. The van der Waals surface area contributed by atoms with Crippen LogP contribution in [0.1, 0.15) is 34.4 Å². The first-order valence-electron chi connectivity index (χ1n) is 10.1. The van der Waals surface area contributed by atoms with Gasteiger partial charge in [0.05, 0.1) is 28.5 Å². The highest BCUT2D eigenvalue weighted by Crippen LogP contribution is 2.27. The summed E-state index contributed by atoms with van der Waals surface area (Å²) in [5, 5.41) is 17.4. The molecule has 7 nitrogen and oxygen atoms in total. The molecule has 0 aromatic heterocycles. The molecule has 3 aromatic carbocycles. The summed E-state index contributed by atoms with van der Waals surface area (Å²) >= 11 is 0. The van der Waals surface area contributed by atoms with E-state index in [0.717, 1.165) is 11.1 Å². The first-order valence-corrected chi connectivity index (χ1v) is 11.7. The molecule has 0 radical (unpaired) electrons. The van der Waals surface area contributed by atoms with E-state index in [1.807, 2.05) is 18.2 Å². The molecule has 3 rings (SSSR count). The molecule has 0 spiro atoms. The molecule has 0 saturated carbocycles. The van der Waals surface area contributed by atoms with E-state index >= 15 is 0 Å². The number of amides is 1. The fraction of sp³-hybridized carbons (Fsp3) is 0.160. The van der Waals surface area contributed by atoms with Gasteiger partial charge in [0, 0.05) is 0 Å². The number of primary amides is 1. The first kappa shape index (κ1) is 23.7. The van der Waals surface area contributed by atoms with Crippen LogP contribution in [0.5, 0.6) is 0 Å². The molecule has 8 heteroatoms. The Kier molecular flexibility index (Phi) is 7.24. The van der Waals surface area contributed by atoms with E-state index < -0.39 is 27.2 Å². The fourth-order valence-electron chi connectivity index (χ4n) is 3.45. The van der Waals surface area contributed by atoms with Gasteiger partial charge in [-0.2, -0.15) is 10.5 Å². The summed E-state index contributed by atoms with van der Waals surface area (Å²) in [6, 6.07) is 23.6. The molecular formula is C25H22N4O3S. The van der Waals surface area contributed by atoms with Crippen molar-refractivity contribution in [1.29, 1.82) is 10.5 Å². The second-order valence-electron chi connectivity index (χ2n) is 7.56. The summed E-state index contributed by atoms with van der Waals surface area (Å²) in [5.74, 6) is -0.809. The van der Waals surface area contributed by atoms with Gasteiger partial charge in [0.1, 0.15) is 6.04 Å². The zero-order chi connectivity index (χ0) is 24.0. The Labute approximate surface area is 193 Å². The number of nitriles is 2. The quantitative estimate of drug-likeness (QED) is 0.534. The summed E-state index contributed by atoms with van der Waals surface area (Å²) in [7, 11) is -3.95. The third-order valence-electron chi connectivity index (χ3n) is 5.35. The minimum absolute atomic E-state index is 0.0285. The summed E-state index contributed by atoms with van der Waals surface area (Å²) in [6.45, 7) is 1.52. The molecule has 33 heavy (non-hydrogen) atoms. The Bertz CT molecular complexity index is 1350. The minimum atomic E-state index is -3.95. The summed E-state index contributed by atoms with van der Waals surface area (Å²) in [5.41, 5.74) is 9.08. The van der Waals surface area contributed by atoms with Crippen molar-refractivity contribution >= 4 is 15.9 Å². The van der Waals surface area contributed by atoms with Gasteiger partial charge in [0.25, 0.3) is 0 Å². The average Bonchev–Trinajstić information content (AvgIpc) is 2.83. The Balaban J connectivity index is 1.80. The third-order valence-corrected chi connectivity index (χ3v) is 7.17. The van der Waals surface area contributed by atoms with Crippen molar-refractivity contribution in [3.63, 3.8) is 0 Å². The molecule has 1 amide bonds. The molecule has 0 saturated heterocycles. The molecule has 0 fully saturated rings. The van der Waals surface area contributed by atoms with Gasteiger partial charge in [-0.25, -0.2) is 13.1 Å². The highest BCUT2D eigenvalue weighted by Gasteiger charge is 2.28. The number of rotatable bonds is 8. The van der Waals surface area contributed by atoms with Crippen LogP contribution in [0.25, 0.3) is 11.1 Å². The maximum Gasteiger partial charge on any atom is 0.235 e. The highest BCUT2D eigenvalue weighted by molar-refractivity contribution is 7.89. The van der Waals surface area contributed by atoms with Crippen LogP contribution >= 0.6 is 0 Å². The smallest absolute Gasteiger partial charge is 0.235 e. The molecule has 2 unspecified atom stereocenters. The maximum atomic E-state index is 13.0. The van der Waals surface area contributed by atoms with Crippen LogP contribution < -0.4 is 10.5 Å². The predicted octanol–water partition coefficient (Wildman–Crippen LogP) is 3.17. The average molecular weight is 459 g/mol. The van der Waals surface area contributed by atoms with Gasteiger partial charge in [0.15, 0.2) is 0 Å². The summed E-state index contributed by atoms with van der Waals surface area (Å²) in [6.07, 6.45) is 0.0285. The zero-order valence-corrected chi connectivity index (χ0v) is 18.7. The fourth-order valence-corrected chi connectivity index (χ4v) is 4.77. The number of hydrogen-bond acceptors (Lipinski definition) is 5. The predicted molar refractivity (Wildman–Crippen MR) is 125 cm³/mol. The topological polar surface area (TPSA) is 137 Å². The number of nitrogens with one attached hydrogen (secondary N) is 1. The van der Waals surface area contributed by atoms with Gasteiger partial charge in [-0.3, -0.25) is 4.79 Å². The van der Waals surface area contributed by atoms with Gasteiger partial charge in [-0.05, 0) is 53.8 Å². The van der Waals surface area contributed by atoms with Crippen molar-refractivity contribution in [2.75, 3.05) is 0 Å². The standard InChI is InChI=1S/C25H22N4O3S/c1-17(20-9-11-21(12-10-20)23-8-3-2-7-22(23)16-27)33(31,32)29-24(25(28)30)14-18-5-4-6-19(13-18)15-26/h2-13,17,24,29H,14H2,1H3,(H2,28,30). The Morgan fingerprint density at radius 3 is 2.33 bits per heavy atom. The Hall–Kier alpha value is -3.98. The van der Waals surface area contributed by atoms with E-state index in [9.17, 15) is 18.5 Å². The number of carbonyl (C=O) groups is 1. The van der Waals surface area contributed by atoms with Crippen molar-refractivity contribution in [2.24, 2.45) is 5.73 Å². The van der Waals surface area contributed by atoms with E-state index in [-0.39, 0.29) is 6.42 Å². The monoisotopic (exact) mass is 458 g/mol. The number of hydrogen-bond donors (Lipinski definition) is 2. The maximum absolute atomic E-state index is 13.0. The number of nitrogens with zero attached hydrogens (tertiary/aromatic N) is 2. The van der Waals surface area contributed by atoms with Crippen LogP contribution in [0.15, 0.2) is 72.8 Å². The zero-order valence-electron chi connectivity index (χ0n) is 17.9. The number of benzene rings is 3. The second-order valence-corrected chi connectivity index (χ2v) is 9.59. The van der Waals surface area contributed by atoms with Crippen molar-refractivity contribution in [3.05, 3.63) is 95.1 Å². The van der Waals surface area contributed by atoms with Crippen LogP contribution in [0.2, 0.25) is 0 Å². The molecule has 0 aliphatic carbocycles. The second kappa shape index (κ2) is 10.1. The van der Waals surface area contributed by atoms with Crippen LogP contribution in [-0.4, -0.2) is 20.4 Å². The lowest BCUT2D eigenvalue weighted by atomic mass is 9.99. The lowest BCUT2D eigenvalue weighted by Crippen LogP contribution is -2.46. The van der Waals surface area contributed by atoms with E-state index in [2.05, 4.69) is 10.8 Å². The molecule has 0 bridgehead atoms. The van der Waals surface area contributed by atoms with Gasteiger partial charge < -0.3 is 5.73 Å². The van der Waals surface area contributed by atoms with E-state index in [1.54, 1.807) is 60.7 Å². The van der Waals surface area contributed by atoms with Crippen molar-refractivity contribution in [3.8, 4) is 23.3 Å². The minimum Gasteiger partial charge on any atom is -0.368 e. The summed E-state index contributed by atoms with van der Waals surface area (Å²) < 4.78 is 28.4. The van der Waals surface area contributed by atoms with Gasteiger partial charge in [-0.15, -0.1) is 0 Å². The Morgan fingerprint density at radius 1 is 1.00 bits per heavy atom. The lowest BCUT2D eigenvalue weighted by molar-refractivity contribution is -0.119. The number of carbonyl (C=O) groups excluding carboxylic acids is 1. The van der Waals surface area contributed by atoms with Gasteiger partial charge in [-0.1, -0.05) is 54.6 Å². The molecule has 166 valence electrons. The van der Waals surface area contributed by atoms with E-state index in [4.69, 9.17) is 11.0 Å². The van der Waals surface area contributed by atoms with Crippen molar-refractivity contribution in [2.45, 2.75) is 24.6 Å². The van der Waals surface area contributed by atoms with Gasteiger partial charge >= 0.3 is 0 Å². The molecule has 0 aliphatic rings. The highest BCUT2D eigenvalue weighted by atomic mass is 32.2. The largest absolute Gasteiger partial charge is 0.368 e. The number of nitrogens with two attached hydrogens (primary N) is 1. The van der Waals surface area contributed by atoms with E-state index in [1.165, 1.54) is 6.92 Å².